The molecule has 0 amide bonds. The zero-order chi connectivity index (χ0) is 5.11. The SMILES string of the molecule is O=c1cc[nH]cc1.[Na+]. The third kappa shape index (κ3) is 2.31. The van der Waals surface area contributed by atoms with E-state index in [0.717, 1.165) is 0 Å². The predicted molar refractivity (Wildman–Crippen MR) is 27.1 cm³/mol. The van der Waals surface area contributed by atoms with Crippen LogP contribution < -0.4 is 35.0 Å². The van der Waals surface area contributed by atoms with Gasteiger partial charge in [-0.3, -0.25) is 4.79 Å². The predicted octanol–water partition coefficient (Wildman–Crippen LogP) is -2.62. The number of rotatable bonds is 0. The minimum atomic E-state index is 0. The quantitative estimate of drug-likeness (QED) is 0.372. The summed E-state index contributed by atoms with van der Waals surface area (Å²) in [6.45, 7) is 0. The van der Waals surface area contributed by atoms with E-state index in [1.165, 1.54) is 12.1 Å². The van der Waals surface area contributed by atoms with Crippen molar-refractivity contribution >= 4 is 0 Å². The minimum absolute atomic E-state index is 0. The van der Waals surface area contributed by atoms with Gasteiger partial charge < -0.3 is 4.98 Å². The summed E-state index contributed by atoms with van der Waals surface area (Å²) in [6.07, 6.45) is 3.20. The average molecular weight is 118 g/mol. The number of H-pyrrole nitrogens is 1. The number of nitrogens with one attached hydrogen (secondary N) is 1. The first-order valence-corrected chi connectivity index (χ1v) is 2.03. The van der Waals surface area contributed by atoms with Crippen LogP contribution in [-0.2, 0) is 0 Å². The van der Waals surface area contributed by atoms with Crippen molar-refractivity contribution in [2.24, 2.45) is 0 Å². The molecule has 0 aliphatic rings. The second-order valence-electron chi connectivity index (χ2n) is 1.24. The van der Waals surface area contributed by atoms with Crippen molar-refractivity contribution in [2.75, 3.05) is 0 Å². The molecule has 0 aliphatic carbocycles. The Hall–Kier alpha value is -0.0500. The van der Waals surface area contributed by atoms with Gasteiger partial charge in [0.15, 0.2) is 5.43 Å². The van der Waals surface area contributed by atoms with Crippen molar-refractivity contribution in [3.05, 3.63) is 34.7 Å². The molecule has 36 valence electrons. The van der Waals surface area contributed by atoms with Crippen LogP contribution in [0.4, 0.5) is 0 Å². The number of hydrogen-bond donors (Lipinski definition) is 1. The maximum atomic E-state index is 10.2. The fourth-order valence-corrected chi connectivity index (χ4v) is 0.372. The molecule has 1 heterocycles. The van der Waals surface area contributed by atoms with Gasteiger partial charge in [-0.05, 0) is 0 Å². The van der Waals surface area contributed by atoms with Crippen LogP contribution in [0.15, 0.2) is 29.3 Å². The summed E-state index contributed by atoms with van der Waals surface area (Å²) in [7, 11) is 0. The molecule has 0 unspecified atom stereocenters. The summed E-state index contributed by atoms with van der Waals surface area (Å²) in [6, 6.07) is 2.94. The van der Waals surface area contributed by atoms with E-state index in [1.807, 2.05) is 0 Å². The number of hydrogen-bond acceptors (Lipinski definition) is 1. The summed E-state index contributed by atoms with van der Waals surface area (Å²) in [5, 5.41) is 0. The van der Waals surface area contributed by atoms with Gasteiger partial charge in [0.25, 0.3) is 0 Å². The van der Waals surface area contributed by atoms with E-state index in [1.54, 1.807) is 12.4 Å². The minimum Gasteiger partial charge on any atom is -0.367 e. The Balaban J connectivity index is 0.000000490. The summed E-state index contributed by atoms with van der Waals surface area (Å²) in [4.78, 5) is 13.0. The summed E-state index contributed by atoms with van der Waals surface area (Å²) in [5.41, 5.74) is 0.0405. The van der Waals surface area contributed by atoms with Crippen LogP contribution in [0.3, 0.4) is 0 Å². The first-order chi connectivity index (χ1) is 3.39. The van der Waals surface area contributed by atoms with Crippen molar-refractivity contribution in [3.63, 3.8) is 0 Å². The molecular formula is C5H5NNaO+. The molecule has 1 rings (SSSR count). The molecule has 1 aromatic heterocycles. The maximum absolute atomic E-state index is 10.2. The fourth-order valence-electron chi connectivity index (χ4n) is 0.372. The molecule has 0 spiro atoms. The van der Waals surface area contributed by atoms with Gasteiger partial charge in [-0.25, -0.2) is 0 Å². The van der Waals surface area contributed by atoms with E-state index in [0.29, 0.717) is 0 Å². The fraction of sp³-hybridized carbons (Fsp3) is 0. The van der Waals surface area contributed by atoms with Crippen molar-refractivity contribution in [1.29, 1.82) is 0 Å². The van der Waals surface area contributed by atoms with Gasteiger partial charge in [0.05, 0.1) is 0 Å². The second kappa shape index (κ2) is 3.89. The Labute approximate surface area is 69.2 Å². The van der Waals surface area contributed by atoms with E-state index in [-0.39, 0.29) is 35.0 Å². The van der Waals surface area contributed by atoms with E-state index in [9.17, 15) is 4.79 Å². The number of pyridine rings is 1. The molecule has 0 saturated carbocycles. The molecule has 2 nitrogen and oxygen atoms in total. The number of aromatic amines is 1. The molecule has 0 aliphatic heterocycles. The molecule has 1 N–H and O–H groups in total. The molecule has 0 atom stereocenters. The van der Waals surface area contributed by atoms with Gasteiger partial charge in [-0.15, -0.1) is 0 Å². The Morgan fingerprint density at radius 1 is 1.25 bits per heavy atom. The Morgan fingerprint density at radius 2 is 1.75 bits per heavy atom. The van der Waals surface area contributed by atoms with E-state index in [4.69, 9.17) is 0 Å². The normalized spacial score (nSPS) is 7.50. The van der Waals surface area contributed by atoms with Crippen molar-refractivity contribution < 1.29 is 29.6 Å². The van der Waals surface area contributed by atoms with Crippen molar-refractivity contribution in [2.45, 2.75) is 0 Å². The van der Waals surface area contributed by atoms with Gasteiger partial charge in [0.1, 0.15) is 0 Å². The molecule has 0 aromatic carbocycles. The maximum Gasteiger partial charge on any atom is 1.00 e. The second-order valence-corrected chi connectivity index (χ2v) is 1.24. The van der Waals surface area contributed by atoms with Crippen LogP contribution in [-0.4, -0.2) is 4.98 Å². The zero-order valence-corrected chi connectivity index (χ0v) is 6.72. The smallest absolute Gasteiger partial charge is 0.367 e. The zero-order valence-electron chi connectivity index (χ0n) is 4.72. The standard InChI is InChI=1S/C5H5NO.Na/c7-5-1-3-6-4-2-5;/h1-4H,(H,6,7);/q;+1. The van der Waals surface area contributed by atoms with Crippen LogP contribution in [0.25, 0.3) is 0 Å². The van der Waals surface area contributed by atoms with Gasteiger partial charge in [0.2, 0.25) is 0 Å². The molecule has 0 radical (unpaired) electrons. The number of aromatic nitrogens is 1. The summed E-state index contributed by atoms with van der Waals surface area (Å²) >= 11 is 0. The van der Waals surface area contributed by atoms with Gasteiger partial charge in [-0.2, -0.15) is 0 Å². The van der Waals surface area contributed by atoms with Crippen LogP contribution in [0, 0.1) is 0 Å². The van der Waals surface area contributed by atoms with E-state index in [2.05, 4.69) is 4.98 Å². The van der Waals surface area contributed by atoms with Gasteiger partial charge >= 0.3 is 29.6 Å². The molecule has 0 bridgehead atoms. The molecular weight excluding hydrogens is 113 g/mol. The van der Waals surface area contributed by atoms with Crippen molar-refractivity contribution in [1.82, 2.24) is 4.98 Å². The van der Waals surface area contributed by atoms with Crippen molar-refractivity contribution in [3.8, 4) is 0 Å². The van der Waals surface area contributed by atoms with Gasteiger partial charge in [0, 0.05) is 24.5 Å². The Morgan fingerprint density at radius 3 is 2.00 bits per heavy atom. The molecule has 8 heavy (non-hydrogen) atoms. The molecule has 1 aromatic rings. The largest absolute Gasteiger partial charge is 1.00 e. The summed E-state index contributed by atoms with van der Waals surface area (Å²) < 4.78 is 0. The Bertz CT molecular complexity index is 178. The topological polar surface area (TPSA) is 32.9 Å². The summed E-state index contributed by atoms with van der Waals surface area (Å²) in [5.74, 6) is 0. The monoisotopic (exact) mass is 118 g/mol. The van der Waals surface area contributed by atoms with Crippen LogP contribution in [0.5, 0.6) is 0 Å². The van der Waals surface area contributed by atoms with Crippen LogP contribution >= 0.6 is 0 Å². The molecule has 3 heteroatoms. The average Bonchev–Trinajstić information content (AvgIpc) is 1.69. The first kappa shape index (κ1) is 7.95. The third-order valence-electron chi connectivity index (χ3n) is 0.688. The first-order valence-electron chi connectivity index (χ1n) is 2.03. The Kier molecular flexibility index (Phi) is 3.87. The molecule has 0 fully saturated rings. The molecule has 0 saturated heterocycles. The van der Waals surface area contributed by atoms with E-state index >= 15 is 0 Å². The van der Waals surface area contributed by atoms with Crippen LogP contribution in [0.1, 0.15) is 0 Å². The van der Waals surface area contributed by atoms with Gasteiger partial charge in [-0.1, -0.05) is 0 Å². The van der Waals surface area contributed by atoms with Crippen LogP contribution in [0.2, 0.25) is 0 Å². The third-order valence-corrected chi connectivity index (χ3v) is 0.688. The van der Waals surface area contributed by atoms with E-state index < -0.39 is 0 Å².